The Hall–Kier alpha value is -0.0400. The number of likely N-dealkylation sites (tertiary alicyclic amines) is 1. The molecule has 1 saturated heterocycles. The van der Waals surface area contributed by atoms with Crippen LogP contribution in [0.4, 0.5) is 0 Å². The highest BCUT2D eigenvalue weighted by atomic mass is 15.2. The number of hydrogen-bond donors (Lipinski definition) is 0. The standard InChI is InChI=1S/C12H25N/c1-4-10-13-11(5-2)8-7-9-12(13)6-3/h11-12H,4-10H2,1-3H3. The summed E-state index contributed by atoms with van der Waals surface area (Å²) in [7, 11) is 0. The number of piperidine rings is 1. The lowest BCUT2D eigenvalue weighted by molar-refractivity contribution is 0.0778. The van der Waals surface area contributed by atoms with E-state index in [4.69, 9.17) is 0 Å². The van der Waals surface area contributed by atoms with Crippen LogP contribution in [0.2, 0.25) is 0 Å². The van der Waals surface area contributed by atoms with E-state index in [1.807, 2.05) is 0 Å². The largest absolute Gasteiger partial charge is 0.297 e. The van der Waals surface area contributed by atoms with Gasteiger partial charge in [0.15, 0.2) is 0 Å². The molecule has 0 aromatic rings. The fourth-order valence-corrected chi connectivity index (χ4v) is 2.72. The van der Waals surface area contributed by atoms with E-state index in [2.05, 4.69) is 25.7 Å². The lowest BCUT2D eigenvalue weighted by Crippen LogP contribution is -2.46. The van der Waals surface area contributed by atoms with Crippen LogP contribution in [-0.4, -0.2) is 23.5 Å². The van der Waals surface area contributed by atoms with E-state index in [1.165, 1.54) is 45.1 Å². The molecule has 1 rings (SSSR count). The molecule has 2 atom stereocenters. The maximum absolute atomic E-state index is 2.77. The van der Waals surface area contributed by atoms with Crippen LogP contribution in [0.25, 0.3) is 0 Å². The first kappa shape index (κ1) is 11.0. The van der Waals surface area contributed by atoms with Gasteiger partial charge in [0.25, 0.3) is 0 Å². The van der Waals surface area contributed by atoms with Gasteiger partial charge >= 0.3 is 0 Å². The Labute approximate surface area is 83.5 Å². The van der Waals surface area contributed by atoms with Gasteiger partial charge in [-0.05, 0) is 38.6 Å². The number of hydrogen-bond acceptors (Lipinski definition) is 1. The smallest absolute Gasteiger partial charge is 0.00955 e. The molecule has 0 aromatic carbocycles. The highest BCUT2D eigenvalue weighted by Gasteiger charge is 2.26. The molecular formula is C12H25N. The Kier molecular flexibility index (Phi) is 4.79. The maximum Gasteiger partial charge on any atom is 0.00955 e. The summed E-state index contributed by atoms with van der Waals surface area (Å²) in [5.74, 6) is 0. The highest BCUT2D eigenvalue weighted by molar-refractivity contribution is 4.82. The molecule has 1 aliphatic heterocycles. The molecule has 0 amide bonds. The third kappa shape index (κ3) is 2.70. The van der Waals surface area contributed by atoms with Gasteiger partial charge in [0, 0.05) is 12.1 Å². The van der Waals surface area contributed by atoms with Crippen LogP contribution in [0.1, 0.15) is 59.3 Å². The normalized spacial score (nSPS) is 30.7. The first-order chi connectivity index (χ1) is 6.33. The molecule has 0 spiro atoms. The molecule has 13 heavy (non-hydrogen) atoms. The monoisotopic (exact) mass is 183 g/mol. The van der Waals surface area contributed by atoms with E-state index in [1.54, 1.807) is 0 Å². The molecule has 0 aromatic heterocycles. The molecule has 78 valence electrons. The first-order valence-corrected chi connectivity index (χ1v) is 6.09. The first-order valence-electron chi connectivity index (χ1n) is 6.09. The predicted octanol–water partition coefficient (Wildman–Crippen LogP) is 3.44. The summed E-state index contributed by atoms with van der Waals surface area (Å²) in [5, 5.41) is 0. The van der Waals surface area contributed by atoms with Gasteiger partial charge in [-0.25, -0.2) is 0 Å². The van der Waals surface area contributed by atoms with E-state index in [9.17, 15) is 0 Å². The lowest BCUT2D eigenvalue weighted by Gasteiger charge is -2.41. The van der Waals surface area contributed by atoms with Crippen molar-refractivity contribution in [1.29, 1.82) is 0 Å². The maximum atomic E-state index is 2.77. The van der Waals surface area contributed by atoms with Crippen LogP contribution in [0.15, 0.2) is 0 Å². The summed E-state index contributed by atoms with van der Waals surface area (Å²) in [6.07, 6.45) is 8.33. The second kappa shape index (κ2) is 5.64. The van der Waals surface area contributed by atoms with Crippen LogP contribution < -0.4 is 0 Å². The molecule has 0 N–H and O–H groups in total. The molecule has 0 saturated carbocycles. The van der Waals surface area contributed by atoms with Crippen molar-refractivity contribution in [2.24, 2.45) is 0 Å². The minimum atomic E-state index is 0.888. The Morgan fingerprint density at radius 1 is 1.00 bits per heavy atom. The molecule has 2 unspecified atom stereocenters. The molecule has 1 aliphatic rings. The van der Waals surface area contributed by atoms with Crippen molar-refractivity contribution >= 4 is 0 Å². The quantitative estimate of drug-likeness (QED) is 0.645. The van der Waals surface area contributed by atoms with Gasteiger partial charge in [-0.3, -0.25) is 4.90 Å². The summed E-state index contributed by atoms with van der Waals surface area (Å²) in [4.78, 5) is 2.77. The van der Waals surface area contributed by atoms with Crippen molar-refractivity contribution in [3.05, 3.63) is 0 Å². The fraction of sp³-hybridized carbons (Fsp3) is 1.00. The molecule has 0 radical (unpaired) electrons. The molecule has 1 heteroatoms. The van der Waals surface area contributed by atoms with Gasteiger partial charge in [0.2, 0.25) is 0 Å². The second-order valence-corrected chi connectivity index (χ2v) is 4.29. The van der Waals surface area contributed by atoms with Crippen molar-refractivity contribution in [3.63, 3.8) is 0 Å². The van der Waals surface area contributed by atoms with E-state index in [-0.39, 0.29) is 0 Å². The van der Waals surface area contributed by atoms with E-state index in [0.29, 0.717) is 0 Å². The molecule has 1 heterocycles. The summed E-state index contributed by atoms with van der Waals surface area (Å²) in [6.45, 7) is 8.29. The molecule has 0 bridgehead atoms. The summed E-state index contributed by atoms with van der Waals surface area (Å²) in [6, 6.07) is 1.78. The van der Waals surface area contributed by atoms with Gasteiger partial charge in [-0.1, -0.05) is 27.2 Å². The predicted molar refractivity (Wildman–Crippen MR) is 59.0 cm³/mol. The number of nitrogens with zero attached hydrogens (tertiary/aromatic N) is 1. The van der Waals surface area contributed by atoms with Gasteiger partial charge in [-0.15, -0.1) is 0 Å². The van der Waals surface area contributed by atoms with Crippen molar-refractivity contribution in [2.75, 3.05) is 6.54 Å². The second-order valence-electron chi connectivity index (χ2n) is 4.29. The Bertz CT molecular complexity index is 121. The van der Waals surface area contributed by atoms with Crippen molar-refractivity contribution in [3.8, 4) is 0 Å². The minimum Gasteiger partial charge on any atom is -0.297 e. The van der Waals surface area contributed by atoms with Gasteiger partial charge in [0.05, 0.1) is 0 Å². The van der Waals surface area contributed by atoms with E-state index >= 15 is 0 Å². The summed E-state index contributed by atoms with van der Waals surface area (Å²) < 4.78 is 0. The number of rotatable bonds is 4. The van der Waals surface area contributed by atoms with Crippen molar-refractivity contribution in [1.82, 2.24) is 4.90 Å². The Morgan fingerprint density at radius 3 is 1.92 bits per heavy atom. The van der Waals surface area contributed by atoms with Crippen LogP contribution >= 0.6 is 0 Å². The Morgan fingerprint density at radius 2 is 1.54 bits per heavy atom. The minimum absolute atomic E-state index is 0.888. The zero-order valence-electron chi connectivity index (χ0n) is 9.55. The molecular weight excluding hydrogens is 158 g/mol. The SMILES string of the molecule is CCCN1C(CC)CCCC1CC. The molecule has 0 aliphatic carbocycles. The van der Waals surface area contributed by atoms with Gasteiger partial charge in [-0.2, -0.15) is 0 Å². The Balaban J connectivity index is 2.53. The zero-order valence-corrected chi connectivity index (χ0v) is 9.55. The van der Waals surface area contributed by atoms with Crippen LogP contribution in [0, 0.1) is 0 Å². The fourth-order valence-electron chi connectivity index (χ4n) is 2.72. The average molecular weight is 183 g/mol. The molecule has 1 fully saturated rings. The average Bonchev–Trinajstić information content (AvgIpc) is 2.18. The third-order valence-corrected chi connectivity index (χ3v) is 3.44. The molecule has 1 nitrogen and oxygen atoms in total. The van der Waals surface area contributed by atoms with E-state index in [0.717, 1.165) is 12.1 Å². The van der Waals surface area contributed by atoms with Gasteiger partial charge < -0.3 is 0 Å². The van der Waals surface area contributed by atoms with Crippen molar-refractivity contribution in [2.45, 2.75) is 71.4 Å². The van der Waals surface area contributed by atoms with Crippen LogP contribution in [-0.2, 0) is 0 Å². The summed E-state index contributed by atoms with van der Waals surface area (Å²) in [5.41, 5.74) is 0. The van der Waals surface area contributed by atoms with E-state index < -0.39 is 0 Å². The van der Waals surface area contributed by atoms with Gasteiger partial charge in [0.1, 0.15) is 0 Å². The zero-order chi connectivity index (χ0) is 9.68. The third-order valence-electron chi connectivity index (χ3n) is 3.44. The highest BCUT2D eigenvalue weighted by Crippen LogP contribution is 2.26. The topological polar surface area (TPSA) is 3.24 Å². The van der Waals surface area contributed by atoms with Crippen LogP contribution in [0.5, 0.6) is 0 Å². The summed E-state index contributed by atoms with van der Waals surface area (Å²) >= 11 is 0. The van der Waals surface area contributed by atoms with Crippen molar-refractivity contribution < 1.29 is 0 Å². The van der Waals surface area contributed by atoms with Crippen LogP contribution in [0.3, 0.4) is 0 Å². The lowest BCUT2D eigenvalue weighted by atomic mass is 9.92.